The van der Waals surface area contributed by atoms with E-state index in [9.17, 15) is 10.1 Å². The van der Waals surface area contributed by atoms with Gasteiger partial charge in [-0.1, -0.05) is 19.0 Å². The van der Waals surface area contributed by atoms with Gasteiger partial charge >= 0.3 is 6.01 Å². The molecule has 0 saturated heterocycles. The second kappa shape index (κ2) is 6.69. The summed E-state index contributed by atoms with van der Waals surface area (Å²) in [7, 11) is 0. The Morgan fingerprint density at radius 2 is 1.90 bits per heavy atom. The van der Waals surface area contributed by atoms with Crippen LogP contribution in [-0.2, 0) is 0 Å². The van der Waals surface area contributed by atoms with Crippen LogP contribution >= 0.6 is 0 Å². The van der Waals surface area contributed by atoms with Crippen LogP contribution in [0.2, 0.25) is 0 Å². The smallest absolute Gasteiger partial charge is 0.321 e. The van der Waals surface area contributed by atoms with Crippen LogP contribution in [0.4, 0.5) is 17.4 Å². The van der Waals surface area contributed by atoms with Gasteiger partial charge in [0.15, 0.2) is 5.82 Å². The molecule has 1 heterocycles. The molecular weight excluding hydrogens is 274 g/mol. The lowest BCUT2D eigenvalue weighted by Crippen LogP contribution is -2.13. The Bertz CT molecular complexity index is 594. The molecule has 2 aromatic rings. The number of benzene rings is 1. The lowest BCUT2D eigenvalue weighted by molar-refractivity contribution is -0.384. The third kappa shape index (κ3) is 4.16. The Kier molecular flexibility index (Phi) is 4.70. The molecule has 0 atom stereocenters. The van der Waals surface area contributed by atoms with Gasteiger partial charge in [-0.2, -0.15) is 4.98 Å². The molecule has 0 radical (unpaired) electrons. The van der Waals surface area contributed by atoms with Crippen molar-refractivity contribution in [1.29, 1.82) is 0 Å². The molecule has 0 saturated carbocycles. The van der Waals surface area contributed by atoms with Gasteiger partial charge in [0.25, 0.3) is 5.69 Å². The maximum atomic E-state index is 10.5. The fourth-order valence-electron chi connectivity index (χ4n) is 1.62. The van der Waals surface area contributed by atoms with E-state index in [1.165, 1.54) is 12.1 Å². The number of nitrogens with one attached hydrogen (secondary N) is 2. The standard InChI is InChI=1S/C13H17N5O3/c1-9(2)12-16-13(21-17-12)15-8-7-14-10-3-5-11(6-4-10)18(19)20/h3-6,9,14H,7-8H2,1-2H3,(H,15,16,17). The van der Waals surface area contributed by atoms with Crippen molar-refractivity contribution in [3.05, 3.63) is 40.2 Å². The topological polar surface area (TPSA) is 106 Å². The van der Waals surface area contributed by atoms with E-state index in [1.54, 1.807) is 12.1 Å². The molecule has 8 heteroatoms. The van der Waals surface area contributed by atoms with Crippen LogP contribution in [0, 0.1) is 10.1 Å². The highest BCUT2D eigenvalue weighted by Gasteiger charge is 2.08. The summed E-state index contributed by atoms with van der Waals surface area (Å²) < 4.78 is 5.05. The summed E-state index contributed by atoms with van der Waals surface area (Å²) in [6.45, 7) is 5.20. The first-order valence-electron chi connectivity index (χ1n) is 6.62. The van der Waals surface area contributed by atoms with Crippen molar-refractivity contribution >= 4 is 17.4 Å². The number of aromatic nitrogens is 2. The van der Waals surface area contributed by atoms with Gasteiger partial charge in [0, 0.05) is 36.8 Å². The number of anilines is 2. The predicted molar refractivity (Wildman–Crippen MR) is 78.5 cm³/mol. The van der Waals surface area contributed by atoms with Crippen molar-refractivity contribution in [2.45, 2.75) is 19.8 Å². The van der Waals surface area contributed by atoms with Crippen molar-refractivity contribution in [2.75, 3.05) is 23.7 Å². The van der Waals surface area contributed by atoms with Gasteiger partial charge in [0.1, 0.15) is 0 Å². The Balaban J connectivity index is 1.75. The fourth-order valence-corrected chi connectivity index (χ4v) is 1.62. The van der Waals surface area contributed by atoms with Gasteiger partial charge in [0.05, 0.1) is 4.92 Å². The van der Waals surface area contributed by atoms with Crippen LogP contribution in [-0.4, -0.2) is 28.2 Å². The molecule has 0 aliphatic carbocycles. The quantitative estimate of drug-likeness (QED) is 0.458. The molecule has 2 N–H and O–H groups in total. The van der Waals surface area contributed by atoms with Crippen LogP contribution in [0.3, 0.4) is 0 Å². The summed E-state index contributed by atoms with van der Waals surface area (Å²) in [5.74, 6) is 0.892. The molecule has 0 unspecified atom stereocenters. The first kappa shape index (κ1) is 14.8. The minimum Gasteiger partial charge on any atom is -0.383 e. The van der Waals surface area contributed by atoms with E-state index >= 15 is 0 Å². The number of nitro benzene ring substituents is 1. The highest BCUT2D eigenvalue weighted by molar-refractivity contribution is 5.48. The van der Waals surface area contributed by atoms with Gasteiger partial charge in [-0.3, -0.25) is 10.1 Å². The maximum Gasteiger partial charge on any atom is 0.321 e. The largest absolute Gasteiger partial charge is 0.383 e. The van der Waals surface area contributed by atoms with Crippen LogP contribution in [0.5, 0.6) is 0 Å². The molecule has 0 fully saturated rings. The fraction of sp³-hybridized carbons (Fsp3) is 0.385. The molecule has 0 aliphatic heterocycles. The summed E-state index contributed by atoms with van der Waals surface area (Å²) >= 11 is 0. The molecule has 1 aromatic carbocycles. The normalized spacial score (nSPS) is 10.6. The second-order valence-corrected chi connectivity index (χ2v) is 4.77. The third-order valence-corrected chi connectivity index (χ3v) is 2.77. The van der Waals surface area contributed by atoms with Gasteiger partial charge in [-0.25, -0.2) is 0 Å². The average Bonchev–Trinajstić information content (AvgIpc) is 2.93. The number of nitrogens with zero attached hydrogens (tertiary/aromatic N) is 3. The summed E-state index contributed by atoms with van der Waals surface area (Å²) in [6.07, 6.45) is 0. The summed E-state index contributed by atoms with van der Waals surface area (Å²) in [5.41, 5.74) is 0.890. The first-order valence-corrected chi connectivity index (χ1v) is 6.62. The zero-order valence-corrected chi connectivity index (χ0v) is 11.9. The van der Waals surface area contributed by atoms with Gasteiger partial charge in [0.2, 0.25) is 0 Å². The summed E-state index contributed by atoms with van der Waals surface area (Å²) in [4.78, 5) is 14.3. The SMILES string of the molecule is CC(C)c1noc(NCCNc2ccc([N+](=O)[O-])cc2)n1. The second-order valence-electron chi connectivity index (χ2n) is 4.77. The van der Waals surface area contributed by atoms with Crippen molar-refractivity contribution in [1.82, 2.24) is 10.1 Å². The van der Waals surface area contributed by atoms with Crippen LogP contribution < -0.4 is 10.6 Å². The van der Waals surface area contributed by atoms with E-state index in [0.29, 0.717) is 24.9 Å². The van der Waals surface area contributed by atoms with Crippen molar-refractivity contribution in [3.63, 3.8) is 0 Å². The molecule has 0 aliphatic rings. The summed E-state index contributed by atoms with van der Waals surface area (Å²) in [6, 6.07) is 6.65. The van der Waals surface area contributed by atoms with Gasteiger partial charge in [-0.15, -0.1) is 0 Å². The molecule has 112 valence electrons. The maximum absolute atomic E-state index is 10.5. The Hall–Kier alpha value is -2.64. The van der Waals surface area contributed by atoms with Gasteiger partial charge < -0.3 is 15.2 Å². The molecule has 2 rings (SSSR count). The number of hydrogen-bond donors (Lipinski definition) is 2. The Labute approximate surface area is 121 Å². The molecule has 0 bridgehead atoms. The van der Waals surface area contributed by atoms with E-state index in [1.807, 2.05) is 13.8 Å². The lowest BCUT2D eigenvalue weighted by atomic mass is 10.2. The van der Waals surface area contributed by atoms with E-state index in [4.69, 9.17) is 4.52 Å². The van der Waals surface area contributed by atoms with Crippen molar-refractivity contribution in [3.8, 4) is 0 Å². The van der Waals surface area contributed by atoms with Gasteiger partial charge in [-0.05, 0) is 12.1 Å². The molecule has 8 nitrogen and oxygen atoms in total. The van der Waals surface area contributed by atoms with Crippen LogP contribution in [0.1, 0.15) is 25.6 Å². The van der Waals surface area contributed by atoms with E-state index in [2.05, 4.69) is 20.8 Å². The minimum absolute atomic E-state index is 0.0748. The van der Waals surface area contributed by atoms with Crippen LogP contribution in [0.15, 0.2) is 28.8 Å². The Morgan fingerprint density at radius 3 is 2.48 bits per heavy atom. The highest BCUT2D eigenvalue weighted by Crippen LogP contribution is 2.15. The predicted octanol–water partition coefficient (Wildman–Crippen LogP) is 2.63. The number of hydrogen-bond acceptors (Lipinski definition) is 7. The lowest BCUT2D eigenvalue weighted by Gasteiger charge is -2.05. The van der Waals surface area contributed by atoms with E-state index in [0.717, 1.165) is 5.69 Å². The first-order chi connectivity index (χ1) is 10.1. The zero-order chi connectivity index (χ0) is 15.2. The van der Waals surface area contributed by atoms with E-state index in [-0.39, 0.29) is 11.6 Å². The molecule has 0 spiro atoms. The van der Waals surface area contributed by atoms with Crippen LogP contribution in [0.25, 0.3) is 0 Å². The third-order valence-electron chi connectivity index (χ3n) is 2.77. The molecule has 0 amide bonds. The Morgan fingerprint density at radius 1 is 1.24 bits per heavy atom. The van der Waals surface area contributed by atoms with E-state index < -0.39 is 4.92 Å². The summed E-state index contributed by atoms with van der Waals surface area (Å²) in [5, 5.41) is 20.5. The number of rotatable bonds is 7. The average molecular weight is 291 g/mol. The number of nitro groups is 1. The number of non-ortho nitro benzene ring substituents is 1. The highest BCUT2D eigenvalue weighted by atomic mass is 16.6. The van der Waals surface area contributed by atoms with Crippen molar-refractivity contribution in [2.24, 2.45) is 0 Å². The van der Waals surface area contributed by atoms with Crippen molar-refractivity contribution < 1.29 is 9.45 Å². The molecular formula is C13H17N5O3. The monoisotopic (exact) mass is 291 g/mol. The molecule has 1 aromatic heterocycles. The molecule has 21 heavy (non-hydrogen) atoms. The minimum atomic E-state index is -0.423. The zero-order valence-electron chi connectivity index (χ0n) is 11.9.